The number of hydrogen-bond acceptors (Lipinski definition) is 2. The fraction of sp³-hybridized carbons (Fsp3) is 0.500. The Morgan fingerprint density at radius 2 is 1.90 bits per heavy atom. The minimum absolute atomic E-state index is 0.748. The number of primary amides is 2. The van der Waals surface area contributed by atoms with E-state index in [-0.39, 0.29) is 0 Å². The first-order valence-corrected chi connectivity index (χ1v) is 3.11. The summed E-state index contributed by atoms with van der Waals surface area (Å²) in [5.41, 5.74) is 9.15. The van der Waals surface area contributed by atoms with Crippen molar-refractivity contribution in [1.29, 1.82) is 0 Å². The van der Waals surface area contributed by atoms with Crippen molar-refractivity contribution >= 4 is 27.7 Å². The number of alkyl halides is 2. The molecule has 0 spiro atoms. The highest BCUT2D eigenvalue weighted by Crippen LogP contribution is 2.22. The van der Waals surface area contributed by atoms with Crippen LogP contribution >= 0.6 is 15.9 Å². The Hall–Kier alpha value is -0.650. The van der Waals surface area contributed by atoms with Crippen molar-refractivity contribution in [2.45, 2.75) is 11.0 Å². The van der Waals surface area contributed by atoms with Crippen molar-refractivity contribution in [3.8, 4) is 0 Å². The van der Waals surface area contributed by atoms with E-state index in [2.05, 4.69) is 27.4 Å². The molecule has 0 saturated carbocycles. The van der Waals surface area contributed by atoms with E-state index in [0.29, 0.717) is 0 Å². The molecule has 0 bridgehead atoms. The van der Waals surface area contributed by atoms with Crippen molar-refractivity contribution in [2.24, 2.45) is 11.5 Å². The molecule has 4 nitrogen and oxygen atoms in total. The molecule has 1 atom stereocenters. The third-order valence-corrected chi connectivity index (χ3v) is 1.43. The van der Waals surface area contributed by atoms with Crippen molar-refractivity contribution < 1.29 is 14.0 Å². The lowest BCUT2D eigenvalue weighted by atomic mass is 10.2. The van der Waals surface area contributed by atoms with Gasteiger partial charge >= 0.3 is 0 Å². The van der Waals surface area contributed by atoms with Gasteiger partial charge in [-0.1, -0.05) is 0 Å². The maximum absolute atomic E-state index is 12.6. The minimum Gasteiger partial charge on any atom is -0.370 e. The Morgan fingerprint density at radius 3 is 2.00 bits per heavy atom. The highest BCUT2D eigenvalue weighted by molar-refractivity contribution is 9.10. The van der Waals surface area contributed by atoms with Gasteiger partial charge in [-0.2, -0.15) is 0 Å². The largest absolute Gasteiger partial charge is 0.370 e. The van der Waals surface area contributed by atoms with Gasteiger partial charge in [-0.25, -0.2) is 4.39 Å². The van der Waals surface area contributed by atoms with Gasteiger partial charge in [-0.05, 0) is 15.9 Å². The molecule has 2 amide bonds. The van der Waals surface area contributed by atoms with Crippen LogP contribution in [0.1, 0.15) is 6.42 Å². The lowest BCUT2D eigenvalue weighted by Gasteiger charge is -2.10. The quantitative estimate of drug-likeness (QED) is 0.613. The van der Waals surface area contributed by atoms with Gasteiger partial charge in [0, 0.05) is 0 Å². The SMILES string of the molecule is NC(=O)CC(F)(Br)C(N)=O. The zero-order valence-corrected chi connectivity index (χ0v) is 6.52. The van der Waals surface area contributed by atoms with E-state index in [1.165, 1.54) is 0 Å². The van der Waals surface area contributed by atoms with Gasteiger partial charge in [0.25, 0.3) is 10.5 Å². The summed E-state index contributed by atoms with van der Waals surface area (Å²) in [6, 6.07) is 0. The molecule has 0 fully saturated rings. The summed E-state index contributed by atoms with van der Waals surface area (Å²) in [5.74, 6) is -2.19. The molecule has 6 heteroatoms. The topological polar surface area (TPSA) is 86.2 Å². The standard InChI is InChI=1S/C4H6BrFN2O2/c5-4(6,3(8)10)1-2(7)9/h1H2,(H2,7,9)(H2,8,10). The molecular formula is C4H6BrFN2O2. The normalized spacial score (nSPS) is 15.8. The fourth-order valence-electron chi connectivity index (χ4n) is 0.306. The number of hydrogen-bond donors (Lipinski definition) is 2. The molecule has 10 heavy (non-hydrogen) atoms. The van der Waals surface area contributed by atoms with Crippen LogP contribution in [0.2, 0.25) is 0 Å². The first-order valence-electron chi connectivity index (χ1n) is 2.32. The third kappa shape index (κ3) is 2.77. The fourth-order valence-corrected chi connectivity index (χ4v) is 0.582. The second-order valence-electron chi connectivity index (χ2n) is 1.71. The van der Waals surface area contributed by atoms with Crippen molar-refractivity contribution in [3.05, 3.63) is 0 Å². The van der Waals surface area contributed by atoms with E-state index in [1.807, 2.05) is 0 Å². The average molecular weight is 213 g/mol. The molecule has 0 aromatic carbocycles. The van der Waals surface area contributed by atoms with Crippen LogP contribution in [0.25, 0.3) is 0 Å². The number of amides is 2. The smallest absolute Gasteiger partial charge is 0.266 e. The van der Waals surface area contributed by atoms with E-state index < -0.39 is 22.8 Å². The molecule has 0 aliphatic rings. The average Bonchev–Trinajstić information content (AvgIpc) is 1.60. The molecule has 0 rings (SSSR count). The summed E-state index contributed by atoms with van der Waals surface area (Å²) < 4.78 is 10.1. The Labute approximate surface area is 64.9 Å². The lowest BCUT2D eigenvalue weighted by molar-refractivity contribution is -0.129. The number of carbonyl (C=O) groups is 2. The molecule has 4 N–H and O–H groups in total. The summed E-state index contributed by atoms with van der Waals surface area (Å²) in [4.78, 5) is 20.2. The number of nitrogens with two attached hydrogens (primary N) is 2. The van der Waals surface area contributed by atoms with Crippen molar-refractivity contribution in [2.75, 3.05) is 0 Å². The van der Waals surface area contributed by atoms with Crippen LogP contribution in [-0.2, 0) is 9.59 Å². The second-order valence-corrected chi connectivity index (χ2v) is 2.97. The van der Waals surface area contributed by atoms with Gasteiger partial charge < -0.3 is 11.5 Å². The number of halogens is 2. The molecule has 58 valence electrons. The van der Waals surface area contributed by atoms with Gasteiger partial charge in [0.05, 0.1) is 6.42 Å². The van der Waals surface area contributed by atoms with Crippen LogP contribution in [0, 0.1) is 0 Å². The first-order chi connectivity index (χ1) is 4.36. The van der Waals surface area contributed by atoms with Crippen LogP contribution in [0.3, 0.4) is 0 Å². The zero-order valence-electron chi connectivity index (χ0n) is 4.93. The molecule has 0 saturated heterocycles. The van der Waals surface area contributed by atoms with Crippen LogP contribution < -0.4 is 11.5 Å². The molecular weight excluding hydrogens is 207 g/mol. The monoisotopic (exact) mass is 212 g/mol. The molecule has 1 unspecified atom stereocenters. The third-order valence-electron chi connectivity index (χ3n) is 0.757. The molecule has 0 aromatic rings. The Bertz CT molecular complexity index is 171. The summed E-state index contributed by atoms with van der Waals surface area (Å²) in [6.45, 7) is 0. The van der Waals surface area contributed by atoms with Crippen LogP contribution in [-0.4, -0.2) is 16.4 Å². The van der Waals surface area contributed by atoms with E-state index in [4.69, 9.17) is 0 Å². The van der Waals surface area contributed by atoms with E-state index in [1.54, 1.807) is 0 Å². The minimum atomic E-state index is -2.50. The highest BCUT2D eigenvalue weighted by Gasteiger charge is 2.34. The molecule has 0 aliphatic heterocycles. The molecule has 0 heterocycles. The maximum atomic E-state index is 12.6. The molecule has 0 aromatic heterocycles. The van der Waals surface area contributed by atoms with Gasteiger partial charge in [-0.15, -0.1) is 0 Å². The number of rotatable bonds is 3. The van der Waals surface area contributed by atoms with Crippen molar-refractivity contribution in [1.82, 2.24) is 0 Å². The van der Waals surface area contributed by atoms with Crippen molar-refractivity contribution in [3.63, 3.8) is 0 Å². The van der Waals surface area contributed by atoms with E-state index >= 15 is 0 Å². The number of carbonyl (C=O) groups excluding carboxylic acids is 2. The van der Waals surface area contributed by atoms with E-state index in [0.717, 1.165) is 0 Å². The second kappa shape index (κ2) is 2.96. The van der Waals surface area contributed by atoms with Gasteiger partial charge in [0.1, 0.15) is 0 Å². The molecule has 0 aliphatic carbocycles. The van der Waals surface area contributed by atoms with Crippen LogP contribution in [0.4, 0.5) is 4.39 Å². The summed E-state index contributed by atoms with van der Waals surface area (Å²) >= 11 is 2.30. The summed E-state index contributed by atoms with van der Waals surface area (Å²) in [7, 11) is 0. The van der Waals surface area contributed by atoms with Gasteiger partial charge in [-0.3, -0.25) is 9.59 Å². The van der Waals surface area contributed by atoms with Crippen LogP contribution in [0.15, 0.2) is 0 Å². The predicted molar refractivity (Wildman–Crippen MR) is 35.8 cm³/mol. The predicted octanol–water partition coefficient (Wildman–Crippen LogP) is -0.592. The van der Waals surface area contributed by atoms with E-state index in [9.17, 15) is 14.0 Å². The zero-order chi connectivity index (χ0) is 8.36. The Morgan fingerprint density at radius 1 is 1.50 bits per heavy atom. The Kier molecular flexibility index (Phi) is 2.77. The van der Waals surface area contributed by atoms with Crippen LogP contribution in [0.5, 0.6) is 0 Å². The van der Waals surface area contributed by atoms with Gasteiger partial charge in [0.15, 0.2) is 0 Å². The molecule has 0 radical (unpaired) electrons. The summed E-state index contributed by atoms with van der Waals surface area (Å²) in [6.07, 6.45) is -0.748. The Balaban J connectivity index is 4.13. The first kappa shape index (κ1) is 9.35. The lowest BCUT2D eigenvalue weighted by Crippen LogP contribution is -2.37. The van der Waals surface area contributed by atoms with Gasteiger partial charge in [0.2, 0.25) is 5.91 Å². The highest BCUT2D eigenvalue weighted by atomic mass is 79.9. The summed E-state index contributed by atoms with van der Waals surface area (Å²) in [5, 5.41) is 0. The maximum Gasteiger partial charge on any atom is 0.266 e.